The number of aliphatic hydroxyl groups is 2. The van der Waals surface area contributed by atoms with Crippen LogP contribution < -0.4 is 0 Å². The molecular weight excluding hydrogens is 1160 g/mol. The Labute approximate surface area is 571 Å². The second kappa shape index (κ2) is 33.8. The molecule has 0 heterocycles. The Bertz CT molecular complexity index is 2900. The maximum Gasteiger partial charge on any atom is 0.123 e. The standard InChI is InChI=1S/C29H44O3.C29H44O2.C28H42O3/c1-6-7-13-29(4,5)22-15-26(31)28(27(32)16-22)25-14-21(18-30)24(17-23(25)19(2)3)20-11-9-8-10-12-20;1-7-8-14-29(5,6)22-16-26(30)28(27(31)17-22)25-15-20(4)24(18-23(25)19(2)3)21-12-10-9-11-13-21;1-6-7-13-28(4,5)20-14-25(30)27(26(31)15-20)23-17-24(29)22(16-21(23)18(2)3)19-11-9-8-10-12-19/h14-16,20,23-25,30-32H,2,6-13,17-18H2,1,3-5H3;15-17,21,23-25,30-31H,2,7-14,18H2,1,3-6H3;14-15,17,19,21-23,29-31H,2,6-13,16H2,1,3-5H3. The third-order valence-corrected chi connectivity index (χ3v) is 24.4. The van der Waals surface area contributed by atoms with Gasteiger partial charge in [-0.1, -0.05) is 213 Å². The summed E-state index contributed by atoms with van der Waals surface area (Å²) in [6.07, 6.45) is 38.2. The minimum Gasteiger partial charge on any atom is -0.512 e. The SMILES string of the molecule is C=C(C)C1CC(C2CCCCC2)C(C)=CC1c1c(O)cc(C(C)(C)CCCC)cc1O.C=C(C)C1CC(C2CCCCC2)C(CO)=CC1c1c(O)cc(C(C)(C)CCCC)cc1O.C=C(C)C1CC(C2CCCCC2)C(O)=CC1c1c(O)cc(C(C)(C)CCCC)cc1O. The molecular formula is C86H130O8. The van der Waals surface area contributed by atoms with Gasteiger partial charge in [-0.25, -0.2) is 0 Å². The van der Waals surface area contributed by atoms with Crippen LogP contribution >= 0.6 is 0 Å². The molecule has 8 nitrogen and oxygen atoms in total. The summed E-state index contributed by atoms with van der Waals surface area (Å²) in [4.78, 5) is 0. The maximum absolute atomic E-state index is 11.1. The van der Waals surface area contributed by atoms with Crippen LogP contribution in [0.4, 0.5) is 0 Å². The van der Waals surface area contributed by atoms with Crippen LogP contribution in [0.3, 0.4) is 0 Å². The second-order valence-corrected chi connectivity index (χ2v) is 32.8. The molecule has 6 aliphatic carbocycles. The molecule has 3 saturated carbocycles. The number of aliphatic hydroxyl groups excluding tert-OH is 2. The van der Waals surface area contributed by atoms with Crippen LogP contribution in [-0.2, 0) is 16.2 Å². The normalized spacial score (nSPS) is 25.2. The van der Waals surface area contributed by atoms with E-state index in [4.69, 9.17) is 0 Å². The molecule has 8 N–H and O–H groups in total. The lowest BCUT2D eigenvalue weighted by atomic mass is 9.64. The van der Waals surface area contributed by atoms with Crippen molar-refractivity contribution < 1.29 is 40.9 Å². The highest BCUT2D eigenvalue weighted by Gasteiger charge is 2.43. The fraction of sp³-hybridized carbons (Fsp3) is 0.651. The van der Waals surface area contributed by atoms with Gasteiger partial charge in [-0.2, -0.15) is 0 Å². The molecule has 522 valence electrons. The van der Waals surface area contributed by atoms with E-state index in [1.165, 1.54) is 102 Å². The Morgan fingerprint density at radius 3 is 0.989 bits per heavy atom. The lowest BCUT2D eigenvalue weighted by molar-refractivity contribution is 0.170. The Kier molecular flexibility index (Phi) is 27.3. The van der Waals surface area contributed by atoms with Crippen LogP contribution in [0, 0.1) is 53.3 Å². The van der Waals surface area contributed by atoms with Crippen molar-refractivity contribution in [1.82, 2.24) is 0 Å². The van der Waals surface area contributed by atoms with Gasteiger partial charge in [0.2, 0.25) is 0 Å². The number of hydrogen-bond donors (Lipinski definition) is 8. The summed E-state index contributed by atoms with van der Waals surface area (Å²) in [5, 5.41) is 87.6. The first-order valence-corrected chi connectivity index (χ1v) is 37.6. The monoisotopic (exact) mass is 1290 g/mol. The van der Waals surface area contributed by atoms with Crippen LogP contribution in [0.1, 0.15) is 315 Å². The van der Waals surface area contributed by atoms with Crippen LogP contribution in [-0.4, -0.2) is 47.5 Å². The molecule has 3 aromatic rings. The molecule has 0 aliphatic heterocycles. The maximum atomic E-state index is 11.1. The minimum atomic E-state index is -0.259. The van der Waals surface area contributed by atoms with E-state index in [1.54, 1.807) is 0 Å². The number of phenolic OH excluding ortho intramolecular Hbond substituents is 6. The second-order valence-electron chi connectivity index (χ2n) is 32.8. The number of phenols is 6. The molecule has 9 unspecified atom stereocenters. The molecule has 0 aromatic heterocycles. The molecule has 0 saturated heterocycles. The minimum absolute atomic E-state index is 0.00913. The molecule has 9 atom stereocenters. The zero-order valence-corrected chi connectivity index (χ0v) is 61.1. The van der Waals surface area contributed by atoms with E-state index >= 15 is 0 Å². The number of unbranched alkanes of at least 4 members (excludes halogenated alkanes) is 3. The summed E-state index contributed by atoms with van der Waals surface area (Å²) >= 11 is 0. The fourth-order valence-electron chi connectivity index (χ4n) is 18.1. The molecule has 0 radical (unpaired) electrons. The third-order valence-electron chi connectivity index (χ3n) is 24.4. The van der Waals surface area contributed by atoms with Crippen molar-refractivity contribution >= 4 is 0 Å². The van der Waals surface area contributed by atoms with Gasteiger partial charge < -0.3 is 40.9 Å². The first kappa shape index (κ1) is 76.0. The molecule has 0 bridgehead atoms. The van der Waals surface area contributed by atoms with E-state index in [-0.39, 0.29) is 98.8 Å². The predicted octanol–water partition coefficient (Wildman–Crippen LogP) is 23.6. The molecule has 9 rings (SSSR count). The van der Waals surface area contributed by atoms with E-state index < -0.39 is 0 Å². The lowest BCUT2D eigenvalue weighted by Gasteiger charge is -2.41. The van der Waals surface area contributed by atoms with Crippen molar-refractivity contribution in [3.63, 3.8) is 0 Å². The van der Waals surface area contributed by atoms with Crippen molar-refractivity contribution in [3.8, 4) is 34.5 Å². The molecule has 3 aromatic carbocycles. The highest BCUT2D eigenvalue weighted by molar-refractivity contribution is 5.56. The van der Waals surface area contributed by atoms with Gasteiger partial charge in [0.1, 0.15) is 34.5 Å². The van der Waals surface area contributed by atoms with Gasteiger partial charge in [-0.15, -0.1) is 0 Å². The fourth-order valence-corrected chi connectivity index (χ4v) is 18.1. The van der Waals surface area contributed by atoms with Gasteiger partial charge in [0.25, 0.3) is 0 Å². The van der Waals surface area contributed by atoms with E-state index in [2.05, 4.69) is 115 Å². The smallest absolute Gasteiger partial charge is 0.123 e. The Balaban J connectivity index is 0.000000200. The van der Waals surface area contributed by atoms with Crippen molar-refractivity contribution in [1.29, 1.82) is 0 Å². The number of hydrogen-bond acceptors (Lipinski definition) is 8. The highest BCUT2D eigenvalue weighted by atomic mass is 16.3. The van der Waals surface area contributed by atoms with Gasteiger partial charge in [-0.05, 0) is 233 Å². The van der Waals surface area contributed by atoms with E-state index in [9.17, 15) is 40.9 Å². The topological polar surface area (TPSA) is 162 Å². The van der Waals surface area contributed by atoms with Crippen LogP contribution in [0.5, 0.6) is 34.5 Å². The zero-order chi connectivity index (χ0) is 69.0. The highest BCUT2D eigenvalue weighted by Crippen LogP contribution is 2.56. The number of allylic oxidation sites excluding steroid dienone is 8. The van der Waals surface area contributed by atoms with Crippen molar-refractivity contribution in [3.05, 3.63) is 141 Å². The summed E-state index contributed by atoms with van der Waals surface area (Å²) < 4.78 is 0. The van der Waals surface area contributed by atoms with E-state index in [0.717, 1.165) is 122 Å². The summed E-state index contributed by atoms with van der Waals surface area (Å²) in [5.41, 5.74) is 10.2. The third kappa shape index (κ3) is 18.4. The number of rotatable bonds is 22. The summed E-state index contributed by atoms with van der Waals surface area (Å²) in [7, 11) is 0. The molecule has 0 spiro atoms. The number of benzene rings is 3. The average Bonchev–Trinajstić information content (AvgIpc) is 0.786. The number of aromatic hydroxyl groups is 6. The van der Waals surface area contributed by atoms with Gasteiger partial charge in [0.15, 0.2) is 0 Å². The van der Waals surface area contributed by atoms with Crippen LogP contribution in [0.2, 0.25) is 0 Å². The Morgan fingerprint density at radius 1 is 0.404 bits per heavy atom. The van der Waals surface area contributed by atoms with E-state index in [1.807, 2.05) is 49.4 Å². The Morgan fingerprint density at radius 2 is 0.681 bits per heavy atom. The first-order valence-electron chi connectivity index (χ1n) is 37.6. The van der Waals surface area contributed by atoms with Crippen LogP contribution in [0.15, 0.2) is 108 Å². The van der Waals surface area contributed by atoms with Crippen molar-refractivity contribution in [2.45, 2.75) is 297 Å². The molecule has 6 aliphatic rings. The Hall–Kier alpha value is -5.34. The molecule has 94 heavy (non-hydrogen) atoms. The first-order chi connectivity index (χ1) is 44.5. The average molecular weight is 1290 g/mol. The summed E-state index contributed by atoms with van der Waals surface area (Å²) in [6, 6.07) is 11.1. The quantitative estimate of drug-likeness (QED) is 0.0461. The molecule has 3 fully saturated rings. The lowest BCUT2D eigenvalue weighted by Crippen LogP contribution is -2.31. The van der Waals surface area contributed by atoms with Gasteiger partial charge >= 0.3 is 0 Å². The van der Waals surface area contributed by atoms with Crippen molar-refractivity contribution in [2.75, 3.05) is 6.61 Å². The molecule has 0 amide bonds. The van der Waals surface area contributed by atoms with Crippen LogP contribution in [0.25, 0.3) is 0 Å². The molecule has 8 heteroatoms. The summed E-state index contributed by atoms with van der Waals surface area (Å²) in [5.74, 6) is 4.58. The zero-order valence-electron chi connectivity index (χ0n) is 61.1. The summed E-state index contributed by atoms with van der Waals surface area (Å²) in [6.45, 7) is 41.0. The van der Waals surface area contributed by atoms with Gasteiger partial charge in [-0.3, -0.25) is 0 Å². The largest absolute Gasteiger partial charge is 0.512 e. The van der Waals surface area contributed by atoms with Crippen molar-refractivity contribution in [2.24, 2.45) is 53.3 Å². The van der Waals surface area contributed by atoms with Gasteiger partial charge in [0, 0.05) is 40.4 Å². The predicted molar refractivity (Wildman–Crippen MR) is 394 cm³/mol. The van der Waals surface area contributed by atoms with E-state index in [0.29, 0.717) is 46.1 Å². The van der Waals surface area contributed by atoms with Gasteiger partial charge in [0.05, 0.1) is 12.4 Å².